The second-order valence-corrected chi connectivity index (χ2v) is 5.89. The number of ether oxygens (including phenoxy) is 2. The first-order chi connectivity index (χ1) is 12.3. The first-order valence-corrected chi connectivity index (χ1v) is 8.54. The van der Waals surface area contributed by atoms with Gasteiger partial charge in [-0.15, -0.1) is 0 Å². The Hall–Kier alpha value is -2.95. The molecule has 4 rings (SSSR count). The molecule has 128 valence electrons. The molecule has 0 saturated heterocycles. The Labute approximate surface area is 147 Å². The number of benzene rings is 2. The maximum atomic E-state index is 5.79. The molecule has 0 amide bonds. The van der Waals surface area contributed by atoms with Crippen LogP contribution in [0.4, 0.5) is 5.82 Å². The molecule has 1 aromatic heterocycles. The highest BCUT2D eigenvalue weighted by molar-refractivity contribution is 5.73. The van der Waals surface area contributed by atoms with Crippen molar-refractivity contribution in [2.45, 2.75) is 13.3 Å². The molecule has 25 heavy (non-hydrogen) atoms. The van der Waals surface area contributed by atoms with Crippen molar-refractivity contribution >= 4 is 5.82 Å². The lowest BCUT2D eigenvalue weighted by Crippen LogP contribution is -2.06. The van der Waals surface area contributed by atoms with Gasteiger partial charge < -0.3 is 14.8 Å². The molecule has 0 saturated carbocycles. The molecular weight excluding hydrogens is 314 g/mol. The van der Waals surface area contributed by atoms with Gasteiger partial charge >= 0.3 is 0 Å². The molecule has 0 bridgehead atoms. The zero-order chi connectivity index (χ0) is 17.2. The van der Waals surface area contributed by atoms with E-state index in [0.717, 1.165) is 47.2 Å². The molecule has 0 atom stereocenters. The number of nitrogens with one attached hydrogen (secondary N) is 1. The minimum Gasteiger partial charge on any atom is -0.497 e. The Kier molecular flexibility index (Phi) is 4.06. The van der Waals surface area contributed by atoms with Gasteiger partial charge in [-0.25, -0.2) is 4.68 Å². The molecule has 2 aromatic carbocycles. The zero-order valence-corrected chi connectivity index (χ0v) is 14.5. The number of hydrogen-bond donors (Lipinski definition) is 1. The van der Waals surface area contributed by atoms with Crippen molar-refractivity contribution in [2.75, 3.05) is 25.6 Å². The fourth-order valence-electron chi connectivity index (χ4n) is 3.24. The lowest BCUT2D eigenvalue weighted by molar-refractivity contribution is 0.338. The minimum absolute atomic E-state index is 0.624. The summed E-state index contributed by atoms with van der Waals surface area (Å²) in [6.45, 7) is 3.54. The second-order valence-electron chi connectivity index (χ2n) is 5.89. The van der Waals surface area contributed by atoms with Crippen LogP contribution in [0.25, 0.3) is 16.9 Å². The van der Waals surface area contributed by atoms with E-state index in [1.165, 1.54) is 5.56 Å². The Morgan fingerprint density at radius 3 is 2.68 bits per heavy atom. The third-order valence-electron chi connectivity index (χ3n) is 4.41. The lowest BCUT2D eigenvalue weighted by atomic mass is 10.1. The molecule has 5 heteroatoms. The number of hydrogen-bond acceptors (Lipinski definition) is 4. The van der Waals surface area contributed by atoms with Crippen molar-refractivity contribution in [3.63, 3.8) is 0 Å². The SMILES string of the molecule is CCOc1ccccc1-n1nc(-c2ccc(OC)cc2)c2c1NCC2. The number of rotatable bonds is 5. The average Bonchev–Trinajstić information content (AvgIpc) is 3.25. The Morgan fingerprint density at radius 1 is 1.12 bits per heavy atom. The minimum atomic E-state index is 0.624. The molecule has 0 spiro atoms. The van der Waals surface area contributed by atoms with Crippen LogP contribution in [0.15, 0.2) is 48.5 Å². The molecule has 5 nitrogen and oxygen atoms in total. The van der Waals surface area contributed by atoms with E-state index >= 15 is 0 Å². The molecule has 1 aliphatic rings. The van der Waals surface area contributed by atoms with Crippen molar-refractivity contribution in [3.05, 3.63) is 54.1 Å². The summed E-state index contributed by atoms with van der Waals surface area (Å²) in [7, 11) is 1.68. The number of para-hydroxylation sites is 2. The van der Waals surface area contributed by atoms with E-state index in [-0.39, 0.29) is 0 Å². The van der Waals surface area contributed by atoms with E-state index in [0.29, 0.717) is 6.61 Å². The van der Waals surface area contributed by atoms with Crippen molar-refractivity contribution in [3.8, 4) is 28.4 Å². The maximum Gasteiger partial charge on any atom is 0.145 e. The summed E-state index contributed by atoms with van der Waals surface area (Å²) in [5.41, 5.74) is 4.30. The van der Waals surface area contributed by atoms with Gasteiger partial charge in [-0.05, 0) is 49.7 Å². The summed E-state index contributed by atoms with van der Waals surface area (Å²) >= 11 is 0. The third-order valence-corrected chi connectivity index (χ3v) is 4.41. The number of nitrogens with zero attached hydrogens (tertiary/aromatic N) is 2. The maximum absolute atomic E-state index is 5.79. The Bertz CT molecular complexity index is 884. The van der Waals surface area contributed by atoms with Gasteiger partial charge in [0.05, 0.1) is 19.4 Å². The molecule has 0 radical (unpaired) electrons. The first kappa shape index (κ1) is 15.6. The number of methoxy groups -OCH3 is 1. The Balaban J connectivity index is 1.83. The second kappa shape index (κ2) is 6.51. The van der Waals surface area contributed by atoms with Crippen molar-refractivity contribution in [1.82, 2.24) is 9.78 Å². The summed E-state index contributed by atoms with van der Waals surface area (Å²) in [5.74, 6) is 2.74. The van der Waals surface area contributed by atoms with Crippen LogP contribution in [0.3, 0.4) is 0 Å². The summed E-state index contributed by atoms with van der Waals surface area (Å²) in [5, 5.41) is 8.37. The van der Waals surface area contributed by atoms with E-state index < -0.39 is 0 Å². The first-order valence-electron chi connectivity index (χ1n) is 8.54. The molecule has 0 aliphatic carbocycles. The fraction of sp³-hybridized carbons (Fsp3) is 0.250. The summed E-state index contributed by atoms with van der Waals surface area (Å²) in [6, 6.07) is 16.1. The number of fused-ring (bicyclic) bond motifs is 1. The van der Waals surface area contributed by atoms with Crippen LogP contribution < -0.4 is 14.8 Å². The topological polar surface area (TPSA) is 48.3 Å². The Morgan fingerprint density at radius 2 is 1.92 bits per heavy atom. The van der Waals surface area contributed by atoms with Crippen LogP contribution in [0, 0.1) is 0 Å². The standard InChI is InChI=1S/C20H21N3O2/c1-3-25-18-7-5-4-6-17(18)23-20-16(12-13-21-20)19(22-23)14-8-10-15(24-2)11-9-14/h4-11,21H,3,12-13H2,1-2H3. The van der Waals surface area contributed by atoms with Crippen LogP contribution in [0.2, 0.25) is 0 Å². The van der Waals surface area contributed by atoms with Crippen LogP contribution in [0.5, 0.6) is 11.5 Å². The van der Waals surface area contributed by atoms with Gasteiger partial charge in [0, 0.05) is 17.7 Å². The summed E-state index contributed by atoms with van der Waals surface area (Å²) < 4.78 is 13.0. The highest BCUT2D eigenvalue weighted by atomic mass is 16.5. The lowest BCUT2D eigenvalue weighted by Gasteiger charge is -2.12. The molecule has 0 fully saturated rings. The van der Waals surface area contributed by atoms with Crippen molar-refractivity contribution < 1.29 is 9.47 Å². The summed E-state index contributed by atoms with van der Waals surface area (Å²) in [4.78, 5) is 0. The zero-order valence-electron chi connectivity index (χ0n) is 14.5. The van der Waals surface area contributed by atoms with Gasteiger partial charge in [-0.1, -0.05) is 12.1 Å². The van der Waals surface area contributed by atoms with E-state index in [9.17, 15) is 0 Å². The molecule has 1 aliphatic heterocycles. The monoisotopic (exact) mass is 335 g/mol. The normalized spacial score (nSPS) is 12.6. The molecule has 3 aromatic rings. The molecular formula is C20H21N3O2. The van der Waals surface area contributed by atoms with Gasteiger partial charge in [0.1, 0.15) is 23.0 Å². The summed E-state index contributed by atoms with van der Waals surface area (Å²) in [6.07, 6.45) is 0.966. The van der Waals surface area contributed by atoms with E-state index in [4.69, 9.17) is 14.6 Å². The van der Waals surface area contributed by atoms with Crippen molar-refractivity contribution in [2.24, 2.45) is 0 Å². The largest absolute Gasteiger partial charge is 0.497 e. The van der Waals surface area contributed by atoms with Gasteiger partial charge in [-0.3, -0.25) is 0 Å². The van der Waals surface area contributed by atoms with Crippen LogP contribution in [-0.4, -0.2) is 30.0 Å². The highest BCUT2D eigenvalue weighted by Gasteiger charge is 2.25. The van der Waals surface area contributed by atoms with E-state index in [2.05, 4.69) is 17.4 Å². The number of aromatic nitrogens is 2. The predicted octanol–water partition coefficient (Wildman–Crippen LogP) is 3.91. The van der Waals surface area contributed by atoms with E-state index in [1.54, 1.807) is 7.11 Å². The third kappa shape index (κ3) is 2.71. The van der Waals surface area contributed by atoms with Crippen LogP contribution in [0.1, 0.15) is 12.5 Å². The quantitative estimate of drug-likeness (QED) is 0.768. The number of anilines is 1. The highest BCUT2D eigenvalue weighted by Crippen LogP contribution is 2.37. The van der Waals surface area contributed by atoms with Gasteiger partial charge in [0.25, 0.3) is 0 Å². The predicted molar refractivity (Wildman–Crippen MR) is 98.9 cm³/mol. The smallest absolute Gasteiger partial charge is 0.145 e. The van der Waals surface area contributed by atoms with Crippen LogP contribution >= 0.6 is 0 Å². The average molecular weight is 335 g/mol. The van der Waals surface area contributed by atoms with Crippen molar-refractivity contribution in [1.29, 1.82) is 0 Å². The molecule has 1 N–H and O–H groups in total. The fourth-order valence-corrected chi connectivity index (χ4v) is 3.24. The van der Waals surface area contributed by atoms with Crippen LogP contribution in [-0.2, 0) is 6.42 Å². The van der Waals surface area contributed by atoms with Gasteiger partial charge in [-0.2, -0.15) is 5.10 Å². The van der Waals surface area contributed by atoms with Gasteiger partial charge in [0.2, 0.25) is 0 Å². The van der Waals surface area contributed by atoms with Gasteiger partial charge in [0.15, 0.2) is 0 Å². The van der Waals surface area contributed by atoms with E-state index in [1.807, 2.05) is 48.0 Å². The molecule has 0 unspecified atom stereocenters. The molecule has 2 heterocycles.